The van der Waals surface area contributed by atoms with E-state index in [1.54, 1.807) is 0 Å². The zero-order valence-corrected chi connectivity index (χ0v) is 8.21. The quantitative estimate of drug-likeness (QED) is 0.599. The van der Waals surface area contributed by atoms with Crippen LogP contribution in [0.1, 0.15) is 12.8 Å². The second-order valence-corrected chi connectivity index (χ2v) is 4.68. The largest absolute Gasteiger partial charge is 0.368 e. The molecule has 0 spiro atoms. The van der Waals surface area contributed by atoms with E-state index in [0.29, 0.717) is 11.5 Å². The van der Waals surface area contributed by atoms with Gasteiger partial charge in [-0.1, -0.05) is 0 Å². The van der Waals surface area contributed by atoms with Gasteiger partial charge in [0.1, 0.15) is 0 Å². The van der Waals surface area contributed by atoms with Gasteiger partial charge in [0, 0.05) is 18.0 Å². The molecule has 0 aromatic rings. The van der Waals surface area contributed by atoms with Crippen LogP contribution in [0.2, 0.25) is 0 Å². The van der Waals surface area contributed by atoms with Crippen LogP contribution in [0.25, 0.3) is 0 Å². The minimum Gasteiger partial charge on any atom is -0.368 e. The van der Waals surface area contributed by atoms with Gasteiger partial charge in [0.05, 0.1) is 6.04 Å². The van der Waals surface area contributed by atoms with Gasteiger partial charge in [-0.25, -0.2) is 0 Å². The molecule has 74 valence electrons. The summed E-state index contributed by atoms with van der Waals surface area (Å²) in [7, 11) is 4.14. The van der Waals surface area contributed by atoms with Crippen LogP contribution in [0, 0.1) is 5.41 Å². The lowest BCUT2D eigenvalue weighted by Gasteiger charge is -2.18. The van der Waals surface area contributed by atoms with E-state index in [9.17, 15) is 4.79 Å². The van der Waals surface area contributed by atoms with Crippen LogP contribution in [0.3, 0.4) is 0 Å². The van der Waals surface area contributed by atoms with E-state index in [-0.39, 0.29) is 11.9 Å². The minimum atomic E-state index is -0.203. The Morgan fingerprint density at radius 3 is 2.77 bits per heavy atom. The SMILES string of the molecule is CN(C)CC12CC(C(N)=O)NC1C2. The molecular formula is C9H17N3O. The summed E-state index contributed by atoms with van der Waals surface area (Å²) in [5, 5.41) is 3.27. The van der Waals surface area contributed by atoms with Gasteiger partial charge in [-0.15, -0.1) is 0 Å². The smallest absolute Gasteiger partial charge is 0.234 e. The molecule has 1 saturated heterocycles. The Morgan fingerprint density at radius 2 is 2.31 bits per heavy atom. The fourth-order valence-corrected chi connectivity index (χ4v) is 2.57. The molecule has 4 nitrogen and oxygen atoms in total. The molecule has 1 aliphatic heterocycles. The van der Waals surface area contributed by atoms with Crippen LogP contribution in [0.5, 0.6) is 0 Å². The van der Waals surface area contributed by atoms with Crippen molar-refractivity contribution >= 4 is 5.91 Å². The molecule has 0 aromatic carbocycles. The van der Waals surface area contributed by atoms with E-state index >= 15 is 0 Å². The first kappa shape index (κ1) is 8.97. The number of rotatable bonds is 3. The predicted molar refractivity (Wildman–Crippen MR) is 50.1 cm³/mol. The summed E-state index contributed by atoms with van der Waals surface area (Å²) in [6.07, 6.45) is 2.13. The summed E-state index contributed by atoms with van der Waals surface area (Å²) in [5.41, 5.74) is 5.61. The summed E-state index contributed by atoms with van der Waals surface area (Å²) >= 11 is 0. The van der Waals surface area contributed by atoms with Crippen molar-refractivity contribution in [2.45, 2.75) is 24.9 Å². The zero-order valence-electron chi connectivity index (χ0n) is 8.21. The van der Waals surface area contributed by atoms with E-state index in [4.69, 9.17) is 5.73 Å². The van der Waals surface area contributed by atoms with Crippen LogP contribution in [-0.4, -0.2) is 43.5 Å². The molecule has 2 aliphatic rings. The van der Waals surface area contributed by atoms with Gasteiger partial charge in [-0.05, 0) is 26.9 Å². The number of carbonyl (C=O) groups is 1. The summed E-state index contributed by atoms with van der Waals surface area (Å²) in [6.45, 7) is 1.06. The second-order valence-electron chi connectivity index (χ2n) is 4.68. The molecule has 13 heavy (non-hydrogen) atoms. The molecule has 2 rings (SSSR count). The van der Waals surface area contributed by atoms with Crippen LogP contribution in [0.15, 0.2) is 0 Å². The van der Waals surface area contributed by atoms with Crippen molar-refractivity contribution in [2.75, 3.05) is 20.6 Å². The maximum absolute atomic E-state index is 10.9. The van der Waals surface area contributed by atoms with Gasteiger partial charge >= 0.3 is 0 Å². The first-order valence-electron chi connectivity index (χ1n) is 4.74. The third-order valence-electron chi connectivity index (χ3n) is 3.18. The Bertz CT molecular complexity index is 241. The van der Waals surface area contributed by atoms with Crippen LogP contribution in [0.4, 0.5) is 0 Å². The number of piperidine rings is 1. The van der Waals surface area contributed by atoms with Crippen molar-refractivity contribution in [2.24, 2.45) is 11.1 Å². The van der Waals surface area contributed by atoms with Crippen molar-refractivity contribution in [1.29, 1.82) is 0 Å². The lowest BCUT2D eigenvalue weighted by molar-refractivity contribution is -0.120. The Labute approximate surface area is 78.5 Å². The number of nitrogens with zero attached hydrogens (tertiary/aromatic N) is 1. The standard InChI is InChI=1S/C9H17N3O/c1-12(2)5-9-3-6(8(10)13)11-7(9)4-9/h6-7,11H,3-5H2,1-2H3,(H2,10,13). The van der Waals surface area contributed by atoms with E-state index in [1.807, 2.05) is 0 Å². The number of fused-ring (bicyclic) bond motifs is 1. The molecule has 4 heteroatoms. The highest BCUT2D eigenvalue weighted by Gasteiger charge is 2.61. The Kier molecular flexibility index (Phi) is 1.85. The first-order chi connectivity index (χ1) is 6.03. The molecule has 1 saturated carbocycles. The average Bonchev–Trinajstić information content (AvgIpc) is 2.51. The van der Waals surface area contributed by atoms with Gasteiger partial charge in [-0.3, -0.25) is 4.79 Å². The monoisotopic (exact) mass is 183 g/mol. The van der Waals surface area contributed by atoms with Crippen molar-refractivity contribution in [3.8, 4) is 0 Å². The highest BCUT2D eigenvalue weighted by atomic mass is 16.1. The molecule has 0 aromatic heterocycles. The van der Waals surface area contributed by atoms with Crippen LogP contribution < -0.4 is 11.1 Å². The van der Waals surface area contributed by atoms with Crippen LogP contribution >= 0.6 is 0 Å². The number of hydrogen-bond donors (Lipinski definition) is 2. The average molecular weight is 183 g/mol. The minimum absolute atomic E-state index is 0.0845. The van der Waals surface area contributed by atoms with Crippen molar-refractivity contribution in [3.05, 3.63) is 0 Å². The van der Waals surface area contributed by atoms with Gasteiger partial charge in [0.2, 0.25) is 5.91 Å². The van der Waals surface area contributed by atoms with Crippen LogP contribution in [-0.2, 0) is 4.79 Å². The maximum atomic E-state index is 10.9. The lowest BCUT2D eigenvalue weighted by atomic mass is 9.99. The Morgan fingerprint density at radius 1 is 1.62 bits per heavy atom. The molecule has 2 fully saturated rings. The predicted octanol–water partition coefficient (Wildman–Crippen LogP) is -0.846. The molecule has 3 N–H and O–H groups in total. The summed E-state index contributed by atoms with van der Waals surface area (Å²) in [4.78, 5) is 13.1. The van der Waals surface area contributed by atoms with Crippen molar-refractivity contribution in [1.82, 2.24) is 10.2 Å². The molecule has 1 aliphatic carbocycles. The van der Waals surface area contributed by atoms with Crippen molar-refractivity contribution in [3.63, 3.8) is 0 Å². The molecule has 1 amide bonds. The summed E-state index contributed by atoms with van der Waals surface area (Å²) < 4.78 is 0. The number of primary amides is 1. The first-order valence-corrected chi connectivity index (χ1v) is 4.74. The fourth-order valence-electron chi connectivity index (χ4n) is 2.57. The summed E-state index contributed by atoms with van der Waals surface area (Å²) in [5.74, 6) is -0.203. The van der Waals surface area contributed by atoms with E-state index < -0.39 is 0 Å². The Balaban J connectivity index is 1.96. The molecule has 0 bridgehead atoms. The maximum Gasteiger partial charge on any atom is 0.234 e. The zero-order chi connectivity index (χ0) is 9.64. The van der Waals surface area contributed by atoms with Gasteiger partial charge in [-0.2, -0.15) is 0 Å². The number of hydrogen-bond acceptors (Lipinski definition) is 3. The topological polar surface area (TPSA) is 58.4 Å². The Hall–Kier alpha value is -0.610. The van der Waals surface area contributed by atoms with Gasteiger partial charge < -0.3 is 16.0 Å². The number of carbonyl (C=O) groups excluding carboxylic acids is 1. The highest BCUT2D eigenvalue weighted by molar-refractivity contribution is 5.80. The molecule has 0 radical (unpaired) electrons. The van der Waals surface area contributed by atoms with E-state index in [2.05, 4.69) is 24.3 Å². The molecule has 3 unspecified atom stereocenters. The number of amides is 1. The van der Waals surface area contributed by atoms with Crippen molar-refractivity contribution < 1.29 is 4.79 Å². The number of nitrogens with one attached hydrogen (secondary N) is 1. The third-order valence-corrected chi connectivity index (χ3v) is 3.18. The lowest BCUT2D eigenvalue weighted by Crippen LogP contribution is -2.38. The van der Waals surface area contributed by atoms with Gasteiger partial charge in [0.25, 0.3) is 0 Å². The third kappa shape index (κ3) is 1.44. The van der Waals surface area contributed by atoms with E-state index in [1.165, 1.54) is 6.42 Å². The fraction of sp³-hybridized carbons (Fsp3) is 0.889. The van der Waals surface area contributed by atoms with E-state index in [0.717, 1.165) is 13.0 Å². The van der Waals surface area contributed by atoms with Gasteiger partial charge in [0.15, 0.2) is 0 Å². The normalized spacial score (nSPS) is 42.1. The highest BCUT2D eigenvalue weighted by Crippen LogP contribution is 2.54. The second kappa shape index (κ2) is 2.69. The molecule has 1 heterocycles. The number of nitrogens with two attached hydrogens (primary N) is 1. The summed E-state index contributed by atoms with van der Waals surface area (Å²) in [6, 6.07) is 0.450. The molecular weight excluding hydrogens is 166 g/mol. The molecule has 3 atom stereocenters.